The van der Waals surface area contributed by atoms with Gasteiger partial charge in [-0.1, -0.05) is 11.6 Å². The molecule has 3 aromatic rings. The molecule has 2 heterocycles. The van der Waals surface area contributed by atoms with Gasteiger partial charge in [-0.2, -0.15) is 5.10 Å². The van der Waals surface area contributed by atoms with Gasteiger partial charge in [0.1, 0.15) is 0 Å². The van der Waals surface area contributed by atoms with Crippen LogP contribution in [-0.2, 0) is 0 Å². The number of hydrogen-bond acceptors (Lipinski definition) is 7. The minimum atomic E-state index is -0.543. The number of aliphatic hydroxyl groups excluding tert-OH is 1. The standard InChI is InChI=1S/C20H22ClN7O2/c1-11-9-16(28-27-11)25-17-10-22-18(20(30)24-14-3-2-4-15(14)29)19(26-17)23-13-7-5-12(21)6-8-13/h5-10,14-15,29H,2-4H2,1H3,(H,24,30)(H3,23,25,26,27,28). The van der Waals surface area contributed by atoms with Crippen molar-refractivity contribution in [3.63, 3.8) is 0 Å². The smallest absolute Gasteiger partial charge is 0.274 e. The van der Waals surface area contributed by atoms with Gasteiger partial charge in [-0.25, -0.2) is 9.97 Å². The van der Waals surface area contributed by atoms with Crippen LogP contribution in [0.5, 0.6) is 0 Å². The topological polar surface area (TPSA) is 128 Å². The summed E-state index contributed by atoms with van der Waals surface area (Å²) in [5.74, 6) is 0.896. The van der Waals surface area contributed by atoms with Crippen molar-refractivity contribution >= 4 is 40.6 Å². The van der Waals surface area contributed by atoms with Crippen LogP contribution in [-0.4, -0.2) is 43.3 Å². The molecular formula is C20H22ClN7O2. The predicted molar refractivity (Wildman–Crippen MR) is 114 cm³/mol. The minimum Gasteiger partial charge on any atom is -0.391 e. The van der Waals surface area contributed by atoms with Crippen LogP contribution >= 0.6 is 11.6 Å². The molecule has 0 aliphatic heterocycles. The summed E-state index contributed by atoms with van der Waals surface area (Å²) in [5, 5.41) is 26.6. The number of hydrogen-bond donors (Lipinski definition) is 5. The third-order valence-electron chi connectivity index (χ3n) is 4.85. The summed E-state index contributed by atoms with van der Waals surface area (Å²) < 4.78 is 0. The molecule has 1 amide bonds. The zero-order valence-electron chi connectivity index (χ0n) is 16.3. The molecule has 2 aromatic heterocycles. The van der Waals surface area contributed by atoms with Crippen molar-refractivity contribution in [3.05, 3.63) is 52.9 Å². The second-order valence-electron chi connectivity index (χ2n) is 7.22. The SMILES string of the molecule is Cc1cc(Nc2cnc(C(=O)NC3CCCC3O)c(Nc3ccc(Cl)cc3)n2)n[nH]1. The summed E-state index contributed by atoms with van der Waals surface area (Å²) in [6, 6.07) is 8.58. The maximum Gasteiger partial charge on any atom is 0.274 e. The molecule has 4 rings (SSSR count). The summed E-state index contributed by atoms with van der Waals surface area (Å²) in [5.41, 5.74) is 1.74. The molecule has 2 atom stereocenters. The summed E-state index contributed by atoms with van der Waals surface area (Å²) in [6.45, 7) is 1.89. The van der Waals surface area contributed by atoms with E-state index in [2.05, 4.69) is 36.1 Å². The molecule has 0 radical (unpaired) electrons. The molecule has 0 bridgehead atoms. The Morgan fingerprint density at radius 3 is 2.67 bits per heavy atom. The number of aromatic amines is 1. The van der Waals surface area contributed by atoms with Gasteiger partial charge in [-0.3, -0.25) is 9.89 Å². The Morgan fingerprint density at radius 2 is 2.00 bits per heavy atom. The number of aliphatic hydroxyl groups is 1. The van der Waals surface area contributed by atoms with Crippen LogP contribution in [0.25, 0.3) is 0 Å². The molecule has 1 aromatic carbocycles. The lowest BCUT2D eigenvalue weighted by molar-refractivity contribution is 0.0869. The second-order valence-corrected chi connectivity index (χ2v) is 7.66. The van der Waals surface area contributed by atoms with Gasteiger partial charge in [0.25, 0.3) is 5.91 Å². The Balaban J connectivity index is 1.61. The number of aryl methyl sites for hydroxylation is 1. The number of nitrogens with one attached hydrogen (secondary N) is 4. The fourth-order valence-corrected chi connectivity index (χ4v) is 3.46. The number of H-pyrrole nitrogens is 1. The fourth-order valence-electron chi connectivity index (χ4n) is 3.33. The average Bonchev–Trinajstić information content (AvgIpc) is 3.31. The number of carbonyl (C=O) groups excluding carboxylic acids is 1. The van der Waals surface area contributed by atoms with Gasteiger partial charge in [-0.15, -0.1) is 0 Å². The molecule has 156 valence electrons. The molecule has 2 unspecified atom stereocenters. The molecule has 9 nitrogen and oxygen atoms in total. The van der Waals surface area contributed by atoms with Crippen molar-refractivity contribution in [2.45, 2.75) is 38.3 Å². The molecular weight excluding hydrogens is 406 g/mol. The highest BCUT2D eigenvalue weighted by Gasteiger charge is 2.28. The predicted octanol–water partition coefficient (Wildman–Crippen LogP) is 3.29. The van der Waals surface area contributed by atoms with Crippen LogP contribution in [0.3, 0.4) is 0 Å². The summed E-state index contributed by atoms with van der Waals surface area (Å²) >= 11 is 5.96. The highest BCUT2D eigenvalue weighted by Crippen LogP contribution is 2.24. The Kier molecular flexibility index (Phi) is 5.82. The zero-order chi connectivity index (χ0) is 21.1. The van der Waals surface area contributed by atoms with E-state index in [4.69, 9.17) is 11.6 Å². The summed E-state index contributed by atoms with van der Waals surface area (Å²) in [4.78, 5) is 21.7. The van der Waals surface area contributed by atoms with E-state index in [1.54, 1.807) is 24.3 Å². The molecule has 1 aliphatic carbocycles. The molecule has 0 saturated heterocycles. The molecule has 1 aliphatic rings. The van der Waals surface area contributed by atoms with Gasteiger partial charge in [-0.05, 0) is 50.5 Å². The van der Waals surface area contributed by atoms with Crippen LogP contribution in [0.4, 0.5) is 23.1 Å². The van der Waals surface area contributed by atoms with Gasteiger partial charge >= 0.3 is 0 Å². The van der Waals surface area contributed by atoms with Crippen LogP contribution in [0.15, 0.2) is 36.5 Å². The van der Waals surface area contributed by atoms with E-state index < -0.39 is 12.0 Å². The van der Waals surface area contributed by atoms with Crippen molar-refractivity contribution in [2.24, 2.45) is 0 Å². The number of aromatic nitrogens is 4. The quantitative estimate of drug-likeness (QED) is 0.408. The first-order valence-electron chi connectivity index (χ1n) is 9.65. The molecule has 0 spiro atoms. The van der Waals surface area contributed by atoms with Crippen molar-refractivity contribution in [3.8, 4) is 0 Å². The third-order valence-corrected chi connectivity index (χ3v) is 5.10. The number of halogens is 1. The van der Waals surface area contributed by atoms with Gasteiger partial charge < -0.3 is 21.1 Å². The van der Waals surface area contributed by atoms with E-state index >= 15 is 0 Å². The Hall–Kier alpha value is -3.17. The van der Waals surface area contributed by atoms with Crippen molar-refractivity contribution in [2.75, 3.05) is 10.6 Å². The van der Waals surface area contributed by atoms with E-state index in [1.165, 1.54) is 6.20 Å². The first-order valence-corrected chi connectivity index (χ1v) is 10.0. The Bertz CT molecular complexity index is 1040. The van der Waals surface area contributed by atoms with E-state index in [-0.39, 0.29) is 17.6 Å². The van der Waals surface area contributed by atoms with E-state index in [0.717, 1.165) is 18.5 Å². The highest BCUT2D eigenvalue weighted by molar-refractivity contribution is 6.30. The number of benzene rings is 1. The molecule has 30 heavy (non-hydrogen) atoms. The normalized spacial score (nSPS) is 18.2. The molecule has 1 saturated carbocycles. The maximum absolute atomic E-state index is 12.9. The second kappa shape index (κ2) is 8.68. The first kappa shape index (κ1) is 20.1. The summed E-state index contributed by atoms with van der Waals surface area (Å²) in [6.07, 6.45) is 3.21. The van der Waals surface area contributed by atoms with Crippen LogP contribution in [0.2, 0.25) is 5.02 Å². The molecule has 1 fully saturated rings. The van der Waals surface area contributed by atoms with E-state index in [1.807, 2.05) is 13.0 Å². The highest BCUT2D eigenvalue weighted by atomic mass is 35.5. The minimum absolute atomic E-state index is 0.132. The van der Waals surface area contributed by atoms with Gasteiger partial charge in [0.2, 0.25) is 0 Å². The van der Waals surface area contributed by atoms with Gasteiger partial charge in [0.15, 0.2) is 23.1 Å². The van der Waals surface area contributed by atoms with Crippen LogP contribution < -0.4 is 16.0 Å². The zero-order valence-corrected chi connectivity index (χ0v) is 17.1. The number of rotatable bonds is 6. The Labute approximate surface area is 178 Å². The van der Waals surface area contributed by atoms with Crippen molar-refractivity contribution in [1.29, 1.82) is 0 Å². The number of carbonyl (C=O) groups is 1. The lowest BCUT2D eigenvalue weighted by atomic mass is 10.2. The van der Waals surface area contributed by atoms with Crippen molar-refractivity contribution in [1.82, 2.24) is 25.5 Å². The van der Waals surface area contributed by atoms with E-state index in [0.29, 0.717) is 28.8 Å². The number of nitrogens with zero attached hydrogens (tertiary/aromatic N) is 3. The monoisotopic (exact) mass is 427 g/mol. The number of anilines is 4. The fraction of sp³-hybridized carbons (Fsp3) is 0.300. The van der Waals surface area contributed by atoms with Crippen LogP contribution in [0.1, 0.15) is 35.4 Å². The lowest BCUT2D eigenvalue weighted by Crippen LogP contribution is -2.40. The van der Waals surface area contributed by atoms with Gasteiger partial charge in [0.05, 0.1) is 18.3 Å². The Morgan fingerprint density at radius 1 is 1.20 bits per heavy atom. The maximum atomic E-state index is 12.9. The average molecular weight is 428 g/mol. The van der Waals surface area contributed by atoms with Crippen LogP contribution in [0, 0.1) is 6.92 Å². The largest absolute Gasteiger partial charge is 0.391 e. The first-order chi connectivity index (χ1) is 14.5. The molecule has 5 N–H and O–H groups in total. The lowest BCUT2D eigenvalue weighted by Gasteiger charge is -2.18. The van der Waals surface area contributed by atoms with E-state index in [9.17, 15) is 9.90 Å². The van der Waals surface area contributed by atoms with Crippen molar-refractivity contribution < 1.29 is 9.90 Å². The third kappa shape index (κ3) is 4.69. The summed E-state index contributed by atoms with van der Waals surface area (Å²) in [7, 11) is 0. The van der Waals surface area contributed by atoms with Gasteiger partial charge in [0, 0.05) is 22.5 Å². The molecule has 10 heteroatoms. The number of amides is 1.